The van der Waals surface area contributed by atoms with Crippen molar-refractivity contribution in [2.75, 3.05) is 23.7 Å². The SMILES string of the molecule is CC(C)(C)OC(=O)N1CCC2(CC1)C(=O)CC(=O)N2c1ccc(O)c(N)c1. The van der Waals surface area contributed by atoms with Crippen molar-refractivity contribution >= 4 is 29.2 Å². The molecule has 3 rings (SSSR count). The summed E-state index contributed by atoms with van der Waals surface area (Å²) in [6.45, 7) is 6.03. The predicted octanol–water partition coefficient (Wildman–Crippen LogP) is 2.05. The summed E-state index contributed by atoms with van der Waals surface area (Å²) in [5.41, 5.74) is 4.80. The summed E-state index contributed by atoms with van der Waals surface area (Å²) in [5.74, 6) is -0.524. The van der Waals surface area contributed by atoms with Gasteiger partial charge in [0.25, 0.3) is 0 Å². The fourth-order valence-corrected chi connectivity index (χ4v) is 3.70. The van der Waals surface area contributed by atoms with E-state index in [0.717, 1.165) is 0 Å². The lowest BCUT2D eigenvalue weighted by atomic mass is 9.83. The van der Waals surface area contributed by atoms with Gasteiger partial charge < -0.3 is 20.5 Å². The van der Waals surface area contributed by atoms with Crippen molar-refractivity contribution < 1.29 is 24.2 Å². The van der Waals surface area contributed by atoms with Crippen LogP contribution in [0.4, 0.5) is 16.2 Å². The van der Waals surface area contributed by atoms with Crippen LogP contribution in [0.5, 0.6) is 5.75 Å². The molecular formula is C19H25N3O5. The topological polar surface area (TPSA) is 113 Å². The molecule has 0 saturated carbocycles. The van der Waals surface area contributed by atoms with Crippen LogP contribution in [-0.2, 0) is 14.3 Å². The largest absolute Gasteiger partial charge is 0.506 e. The summed E-state index contributed by atoms with van der Waals surface area (Å²) >= 11 is 0. The first kappa shape index (κ1) is 19.0. The van der Waals surface area contributed by atoms with Gasteiger partial charge in [0.05, 0.1) is 12.1 Å². The summed E-state index contributed by atoms with van der Waals surface area (Å²) < 4.78 is 5.39. The molecule has 0 atom stereocenters. The molecule has 0 aromatic heterocycles. The maximum atomic E-state index is 12.7. The number of benzene rings is 1. The van der Waals surface area contributed by atoms with Crippen molar-refractivity contribution in [3.63, 3.8) is 0 Å². The zero-order valence-corrected chi connectivity index (χ0v) is 15.8. The minimum Gasteiger partial charge on any atom is -0.506 e. The standard InChI is InChI=1S/C19H25N3O5/c1-18(2,3)27-17(26)21-8-6-19(7-9-21)15(24)11-16(25)22(19)12-4-5-14(23)13(20)10-12/h4-5,10,23H,6-9,11,20H2,1-3H3. The van der Waals surface area contributed by atoms with E-state index in [1.807, 2.05) is 0 Å². The molecule has 0 radical (unpaired) electrons. The van der Waals surface area contributed by atoms with E-state index in [1.165, 1.54) is 17.0 Å². The van der Waals surface area contributed by atoms with E-state index in [1.54, 1.807) is 31.7 Å². The molecule has 2 aliphatic rings. The second kappa shape index (κ2) is 6.44. The number of amides is 2. The highest BCUT2D eigenvalue weighted by Crippen LogP contribution is 2.41. The first-order chi connectivity index (χ1) is 12.5. The molecule has 2 fully saturated rings. The van der Waals surface area contributed by atoms with Crippen molar-refractivity contribution in [2.24, 2.45) is 0 Å². The molecule has 0 unspecified atom stereocenters. The number of rotatable bonds is 1. The van der Waals surface area contributed by atoms with E-state index < -0.39 is 17.2 Å². The van der Waals surface area contributed by atoms with E-state index in [4.69, 9.17) is 10.5 Å². The lowest BCUT2D eigenvalue weighted by molar-refractivity contribution is -0.124. The van der Waals surface area contributed by atoms with Gasteiger partial charge in [0.2, 0.25) is 5.91 Å². The van der Waals surface area contributed by atoms with Crippen LogP contribution in [0.25, 0.3) is 0 Å². The lowest BCUT2D eigenvalue weighted by Gasteiger charge is -2.43. The molecule has 146 valence electrons. The normalized spacial score (nSPS) is 19.7. The van der Waals surface area contributed by atoms with Gasteiger partial charge in [0.15, 0.2) is 5.78 Å². The van der Waals surface area contributed by atoms with Gasteiger partial charge >= 0.3 is 6.09 Å². The number of ketones is 1. The molecule has 0 bridgehead atoms. The molecule has 2 saturated heterocycles. The van der Waals surface area contributed by atoms with E-state index >= 15 is 0 Å². The monoisotopic (exact) mass is 375 g/mol. The van der Waals surface area contributed by atoms with Crippen LogP contribution in [0.3, 0.4) is 0 Å². The average Bonchev–Trinajstić information content (AvgIpc) is 2.79. The molecule has 27 heavy (non-hydrogen) atoms. The third-order valence-electron chi connectivity index (χ3n) is 5.02. The smallest absolute Gasteiger partial charge is 0.410 e. The number of carbonyl (C=O) groups excluding carboxylic acids is 3. The van der Waals surface area contributed by atoms with Gasteiger partial charge in [-0.05, 0) is 51.8 Å². The Morgan fingerprint density at radius 1 is 1.22 bits per heavy atom. The highest BCUT2D eigenvalue weighted by Gasteiger charge is 2.54. The molecule has 1 aromatic rings. The summed E-state index contributed by atoms with van der Waals surface area (Å²) in [7, 11) is 0. The van der Waals surface area contributed by atoms with E-state index in [0.29, 0.717) is 31.6 Å². The maximum absolute atomic E-state index is 12.7. The molecule has 8 heteroatoms. The number of hydrogen-bond acceptors (Lipinski definition) is 6. The van der Waals surface area contributed by atoms with Crippen LogP contribution in [0, 0.1) is 0 Å². The van der Waals surface area contributed by atoms with E-state index in [9.17, 15) is 19.5 Å². The highest BCUT2D eigenvalue weighted by atomic mass is 16.6. The first-order valence-corrected chi connectivity index (χ1v) is 8.96. The van der Waals surface area contributed by atoms with Crippen LogP contribution >= 0.6 is 0 Å². The first-order valence-electron chi connectivity index (χ1n) is 8.96. The summed E-state index contributed by atoms with van der Waals surface area (Å²) in [6.07, 6.45) is 0.0668. The van der Waals surface area contributed by atoms with Crippen molar-refractivity contribution in [1.29, 1.82) is 0 Å². The summed E-state index contributed by atoms with van der Waals surface area (Å²) in [5, 5.41) is 9.64. The number of nitrogens with two attached hydrogens (primary N) is 1. The third-order valence-corrected chi connectivity index (χ3v) is 5.02. The molecule has 2 aliphatic heterocycles. The number of carbonyl (C=O) groups is 3. The molecule has 3 N–H and O–H groups in total. The second-order valence-corrected chi connectivity index (χ2v) is 8.07. The number of anilines is 2. The van der Waals surface area contributed by atoms with Crippen LogP contribution < -0.4 is 10.6 Å². The number of hydrogen-bond donors (Lipinski definition) is 2. The molecule has 0 aliphatic carbocycles. The number of phenols is 1. The van der Waals surface area contributed by atoms with Crippen molar-refractivity contribution in [3.8, 4) is 5.75 Å². The van der Waals surface area contributed by atoms with Crippen LogP contribution in [-0.4, -0.2) is 52.0 Å². The summed E-state index contributed by atoms with van der Waals surface area (Å²) in [6, 6.07) is 4.47. The van der Waals surface area contributed by atoms with Crippen LogP contribution in [0.1, 0.15) is 40.0 Å². The number of Topliss-reactive ketones (excluding diaryl/α,β-unsaturated/α-hetero) is 1. The van der Waals surface area contributed by atoms with Crippen molar-refractivity contribution in [2.45, 2.75) is 51.2 Å². The Labute approximate surface area is 157 Å². The molecule has 8 nitrogen and oxygen atoms in total. The molecule has 2 heterocycles. The Morgan fingerprint density at radius 3 is 2.41 bits per heavy atom. The molecule has 1 aromatic carbocycles. The van der Waals surface area contributed by atoms with Gasteiger partial charge in [-0.3, -0.25) is 14.5 Å². The van der Waals surface area contributed by atoms with Gasteiger partial charge in [-0.25, -0.2) is 4.79 Å². The average molecular weight is 375 g/mol. The number of ether oxygens (including phenoxy) is 1. The Morgan fingerprint density at radius 2 is 1.85 bits per heavy atom. The maximum Gasteiger partial charge on any atom is 0.410 e. The zero-order valence-electron chi connectivity index (χ0n) is 15.8. The Kier molecular flexibility index (Phi) is 4.53. The number of nitrogens with zero attached hydrogens (tertiary/aromatic N) is 2. The molecular weight excluding hydrogens is 350 g/mol. The number of piperidine rings is 1. The second-order valence-electron chi connectivity index (χ2n) is 8.07. The Hall–Kier alpha value is -2.77. The third kappa shape index (κ3) is 3.43. The van der Waals surface area contributed by atoms with E-state index in [-0.39, 0.29) is 29.5 Å². The quantitative estimate of drug-likeness (QED) is 0.441. The fourth-order valence-electron chi connectivity index (χ4n) is 3.70. The minimum absolute atomic E-state index is 0.0782. The van der Waals surface area contributed by atoms with Gasteiger partial charge in [-0.15, -0.1) is 0 Å². The Balaban J connectivity index is 1.83. The van der Waals surface area contributed by atoms with Gasteiger partial charge in [-0.1, -0.05) is 0 Å². The van der Waals surface area contributed by atoms with Gasteiger partial charge in [0.1, 0.15) is 16.9 Å². The zero-order chi connectivity index (χ0) is 20.0. The lowest BCUT2D eigenvalue weighted by Crippen LogP contribution is -2.58. The van der Waals surface area contributed by atoms with Gasteiger partial charge in [0, 0.05) is 18.8 Å². The summed E-state index contributed by atoms with van der Waals surface area (Å²) in [4.78, 5) is 40.6. The van der Waals surface area contributed by atoms with Crippen molar-refractivity contribution in [1.82, 2.24) is 4.90 Å². The number of nitrogen functional groups attached to an aromatic ring is 1. The van der Waals surface area contributed by atoms with Gasteiger partial charge in [-0.2, -0.15) is 0 Å². The molecule has 2 amide bonds. The number of phenolic OH excluding ortho intramolecular Hbond substituents is 1. The molecule has 1 spiro atoms. The Bertz CT molecular complexity index is 791. The van der Waals surface area contributed by atoms with Crippen molar-refractivity contribution in [3.05, 3.63) is 18.2 Å². The van der Waals surface area contributed by atoms with E-state index in [2.05, 4.69) is 0 Å². The number of aromatic hydroxyl groups is 1. The number of likely N-dealkylation sites (tertiary alicyclic amines) is 1. The van der Waals surface area contributed by atoms with Crippen LogP contribution in [0.15, 0.2) is 18.2 Å². The predicted molar refractivity (Wildman–Crippen MR) is 99.4 cm³/mol. The van der Waals surface area contributed by atoms with Crippen LogP contribution in [0.2, 0.25) is 0 Å². The highest BCUT2D eigenvalue weighted by molar-refractivity contribution is 6.19. The minimum atomic E-state index is -0.987. The fraction of sp³-hybridized carbons (Fsp3) is 0.526.